The van der Waals surface area contributed by atoms with Gasteiger partial charge >= 0.3 is 0 Å². The summed E-state index contributed by atoms with van der Waals surface area (Å²) in [5.74, 6) is 0.0521. The molecule has 0 aliphatic heterocycles. The molecule has 0 saturated carbocycles. The summed E-state index contributed by atoms with van der Waals surface area (Å²) in [4.78, 5) is 11.4. The monoisotopic (exact) mass is 254 g/mol. The first-order chi connectivity index (χ1) is 7.99. The minimum Gasteiger partial charge on any atom is -0.383 e. The summed E-state index contributed by atoms with van der Waals surface area (Å²) in [5, 5.41) is 6.69. The van der Waals surface area contributed by atoms with Crippen molar-refractivity contribution in [3.05, 3.63) is 28.8 Å². The first-order valence-corrected chi connectivity index (χ1v) is 6.16. The molecule has 0 fully saturated rings. The smallest absolute Gasteiger partial charge is 0.221 e. The van der Waals surface area contributed by atoms with E-state index < -0.39 is 0 Å². The van der Waals surface area contributed by atoms with Gasteiger partial charge in [-0.3, -0.25) is 4.79 Å². The molecule has 17 heavy (non-hydrogen) atoms. The van der Waals surface area contributed by atoms with Crippen molar-refractivity contribution < 1.29 is 4.79 Å². The Balaban J connectivity index is 2.40. The molecule has 4 heteroatoms. The van der Waals surface area contributed by atoms with E-state index in [1.807, 2.05) is 39.0 Å². The molecule has 0 atom stereocenters. The Hall–Kier alpha value is -1.22. The third kappa shape index (κ3) is 5.09. The highest BCUT2D eigenvalue weighted by atomic mass is 35.5. The predicted octanol–water partition coefficient (Wildman–Crippen LogP) is 2.98. The molecule has 1 aromatic carbocycles. The van der Waals surface area contributed by atoms with Crippen molar-refractivity contribution in [1.29, 1.82) is 0 Å². The van der Waals surface area contributed by atoms with Gasteiger partial charge in [-0.1, -0.05) is 17.7 Å². The highest BCUT2D eigenvalue weighted by Gasteiger charge is 2.04. The van der Waals surface area contributed by atoms with Gasteiger partial charge in [0.05, 0.1) is 10.7 Å². The maximum atomic E-state index is 11.4. The van der Waals surface area contributed by atoms with Crippen molar-refractivity contribution >= 4 is 23.2 Å². The molecule has 94 valence electrons. The van der Waals surface area contributed by atoms with Gasteiger partial charge in [0.1, 0.15) is 0 Å². The Labute approximate surface area is 108 Å². The molecular formula is C13H19ClN2O. The molecule has 3 nitrogen and oxygen atoms in total. The number of hydrogen-bond acceptors (Lipinski definition) is 2. The molecule has 0 heterocycles. The number of amides is 1. The quantitative estimate of drug-likeness (QED) is 0.848. The molecule has 0 aliphatic carbocycles. The molecule has 1 amide bonds. The van der Waals surface area contributed by atoms with Crippen molar-refractivity contribution in [3.63, 3.8) is 0 Å². The predicted molar refractivity (Wildman–Crippen MR) is 72.6 cm³/mol. The van der Waals surface area contributed by atoms with Crippen molar-refractivity contribution in [3.8, 4) is 0 Å². The Morgan fingerprint density at radius 1 is 1.41 bits per heavy atom. The van der Waals surface area contributed by atoms with Crippen LogP contribution in [0.15, 0.2) is 18.2 Å². The Morgan fingerprint density at radius 2 is 2.12 bits per heavy atom. The van der Waals surface area contributed by atoms with E-state index >= 15 is 0 Å². The van der Waals surface area contributed by atoms with Crippen molar-refractivity contribution in [2.75, 3.05) is 11.9 Å². The van der Waals surface area contributed by atoms with Crippen LogP contribution in [0.3, 0.4) is 0 Å². The number of aryl methyl sites for hydroxylation is 1. The van der Waals surface area contributed by atoms with E-state index in [1.165, 1.54) is 0 Å². The van der Waals surface area contributed by atoms with Gasteiger partial charge in [0.2, 0.25) is 5.91 Å². The highest BCUT2D eigenvalue weighted by molar-refractivity contribution is 6.33. The van der Waals surface area contributed by atoms with Gasteiger partial charge in [-0.2, -0.15) is 0 Å². The average Bonchev–Trinajstić information content (AvgIpc) is 2.22. The van der Waals surface area contributed by atoms with Gasteiger partial charge in [0.15, 0.2) is 0 Å². The fourth-order valence-electron chi connectivity index (χ4n) is 1.48. The van der Waals surface area contributed by atoms with Gasteiger partial charge in [-0.15, -0.1) is 0 Å². The Bertz CT molecular complexity index is 391. The minimum atomic E-state index is 0.0521. The molecule has 0 saturated heterocycles. The summed E-state index contributed by atoms with van der Waals surface area (Å²) >= 11 is 6.03. The number of carbonyl (C=O) groups is 1. The summed E-state index contributed by atoms with van der Waals surface area (Å²) in [7, 11) is 0. The number of hydrogen-bond donors (Lipinski definition) is 2. The minimum absolute atomic E-state index is 0.0521. The van der Waals surface area contributed by atoms with Gasteiger partial charge in [-0.25, -0.2) is 0 Å². The van der Waals surface area contributed by atoms with E-state index in [9.17, 15) is 4.79 Å². The second kappa shape index (κ2) is 6.50. The lowest BCUT2D eigenvalue weighted by Gasteiger charge is -2.11. The zero-order chi connectivity index (χ0) is 12.8. The Kier molecular flexibility index (Phi) is 5.29. The van der Waals surface area contributed by atoms with E-state index in [2.05, 4.69) is 10.6 Å². The van der Waals surface area contributed by atoms with Crippen molar-refractivity contribution in [2.45, 2.75) is 33.2 Å². The van der Waals surface area contributed by atoms with Crippen LogP contribution in [-0.2, 0) is 4.79 Å². The summed E-state index contributed by atoms with van der Waals surface area (Å²) < 4.78 is 0. The number of rotatable bonds is 5. The molecule has 1 aromatic rings. The van der Waals surface area contributed by atoms with Crippen LogP contribution >= 0.6 is 11.6 Å². The van der Waals surface area contributed by atoms with Crippen LogP contribution in [-0.4, -0.2) is 18.5 Å². The average molecular weight is 255 g/mol. The number of halogens is 1. The molecule has 0 aliphatic rings. The summed E-state index contributed by atoms with van der Waals surface area (Å²) in [6.07, 6.45) is 0.447. The normalized spacial score (nSPS) is 10.4. The second-order valence-corrected chi connectivity index (χ2v) is 4.79. The lowest BCUT2D eigenvalue weighted by atomic mass is 10.2. The highest BCUT2D eigenvalue weighted by Crippen LogP contribution is 2.22. The second-order valence-electron chi connectivity index (χ2n) is 4.38. The van der Waals surface area contributed by atoms with Crippen LogP contribution in [0.4, 0.5) is 5.69 Å². The van der Waals surface area contributed by atoms with E-state index in [0.717, 1.165) is 11.3 Å². The number of carbonyl (C=O) groups excluding carboxylic acids is 1. The first-order valence-electron chi connectivity index (χ1n) is 5.78. The van der Waals surface area contributed by atoms with Crippen LogP contribution in [0.5, 0.6) is 0 Å². The van der Waals surface area contributed by atoms with Gasteiger partial charge in [0.25, 0.3) is 0 Å². The van der Waals surface area contributed by atoms with Crippen LogP contribution in [0.2, 0.25) is 5.02 Å². The summed E-state index contributed by atoms with van der Waals surface area (Å²) in [6, 6.07) is 5.97. The third-order valence-corrected chi connectivity index (χ3v) is 2.57. The maximum Gasteiger partial charge on any atom is 0.221 e. The summed E-state index contributed by atoms with van der Waals surface area (Å²) in [5.41, 5.74) is 2.02. The fraction of sp³-hybridized carbons (Fsp3) is 0.462. The third-order valence-electron chi connectivity index (χ3n) is 2.24. The van der Waals surface area contributed by atoms with Crippen molar-refractivity contribution in [2.24, 2.45) is 0 Å². The van der Waals surface area contributed by atoms with Crippen LogP contribution in [0.25, 0.3) is 0 Å². The lowest BCUT2D eigenvalue weighted by molar-refractivity contribution is -0.121. The van der Waals surface area contributed by atoms with Crippen LogP contribution in [0, 0.1) is 6.92 Å². The SMILES string of the molecule is Cc1ccc(Cl)c(NCCC(=O)NC(C)C)c1. The zero-order valence-electron chi connectivity index (χ0n) is 10.5. The molecule has 0 spiro atoms. The standard InChI is InChI=1S/C13H19ClN2O/c1-9(2)16-13(17)6-7-15-12-8-10(3)4-5-11(12)14/h4-5,8-9,15H,6-7H2,1-3H3,(H,16,17). The fourth-order valence-corrected chi connectivity index (χ4v) is 1.66. The van der Waals surface area contributed by atoms with Gasteiger partial charge in [-0.05, 0) is 38.5 Å². The first kappa shape index (κ1) is 13.8. The molecule has 1 rings (SSSR count). The van der Waals surface area contributed by atoms with E-state index in [4.69, 9.17) is 11.6 Å². The summed E-state index contributed by atoms with van der Waals surface area (Å²) in [6.45, 7) is 6.49. The topological polar surface area (TPSA) is 41.1 Å². The van der Waals surface area contributed by atoms with Crippen LogP contribution in [0.1, 0.15) is 25.8 Å². The molecule has 0 radical (unpaired) electrons. The molecule has 0 bridgehead atoms. The van der Waals surface area contributed by atoms with Crippen molar-refractivity contribution in [1.82, 2.24) is 5.32 Å². The zero-order valence-corrected chi connectivity index (χ0v) is 11.3. The lowest BCUT2D eigenvalue weighted by Crippen LogP contribution is -2.31. The van der Waals surface area contributed by atoms with E-state index in [-0.39, 0.29) is 11.9 Å². The number of anilines is 1. The van der Waals surface area contributed by atoms with Gasteiger partial charge in [0, 0.05) is 19.0 Å². The largest absolute Gasteiger partial charge is 0.383 e. The molecule has 2 N–H and O–H groups in total. The Morgan fingerprint density at radius 3 is 2.76 bits per heavy atom. The van der Waals surface area contributed by atoms with E-state index in [1.54, 1.807) is 0 Å². The number of benzene rings is 1. The molecule has 0 unspecified atom stereocenters. The van der Waals surface area contributed by atoms with Crippen LogP contribution < -0.4 is 10.6 Å². The van der Waals surface area contributed by atoms with Gasteiger partial charge < -0.3 is 10.6 Å². The molecule has 0 aromatic heterocycles. The maximum absolute atomic E-state index is 11.4. The molecular weight excluding hydrogens is 236 g/mol. The number of nitrogens with one attached hydrogen (secondary N) is 2. The van der Waals surface area contributed by atoms with E-state index in [0.29, 0.717) is 18.0 Å².